The van der Waals surface area contributed by atoms with Gasteiger partial charge >= 0.3 is 0 Å². The molecular weight excluding hydrogens is 206 g/mol. The van der Waals surface area contributed by atoms with Gasteiger partial charge in [-0.05, 0) is 32.9 Å². The number of hydrogen-bond donors (Lipinski definition) is 1. The van der Waals surface area contributed by atoms with Gasteiger partial charge in [0, 0.05) is 30.1 Å². The maximum absolute atomic E-state index is 5.87. The van der Waals surface area contributed by atoms with Crippen LogP contribution in [0.5, 0.6) is 0 Å². The molecular formula is C11H19N3S. The minimum Gasteiger partial charge on any atom is -0.328 e. The third-order valence-corrected chi connectivity index (χ3v) is 3.97. The number of hydrogen-bond acceptors (Lipinski definition) is 4. The van der Waals surface area contributed by atoms with Crippen molar-refractivity contribution < 1.29 is 0 Å². The normalized spacial score (nSPS) is 19.6. The highest BCUT2D eigenvalue weighted by molar-refractivity contribution is 7.09. The predicted octanol–water partition coefficient (Wildman–Crippen LogP) is 1.42. The summed E-state index contributed by atoms with van der Waals surface area (Å²) in [5.74, 6) is 0. The Kier molecular flexibility index (Phi) is 3.72. The molecule has 2 heterocycles. The highest BCUT2D eigenvalue weighted by Crippen LogP contribution is 2.12. The fourth-order valence-corrected chi connectivity index (χ4v) is 2.71. The SMILES string of the molecule is Cc1csc(CCN2CCC(N)CC2)n1. The fourth-order valence-electron chi connectivity index (χ4n) is 1.95. The molecule has 1 saturated heterocycles. The molecule has 0 bridgehead atoms. The summed E-state index contributed by atoms with van der Waals surface area (Å²) in [7, 11) is 0. The van der Waals surface area contributed by atoms with E-state index in [1.165, 1.54) is 5.01 Å². The van der Waals surface area contributed by atoms with Gasteiger partial charge in [0.25, 0.3) is 0 Å². The van der Waals surface area contributed by atoms with E-state index in [1.54, 1.807) is 11.3 Å². The molecule has 3 nitrogen and oxygen atoms in total. The van der Waals surface area contributed by atoms with Crippen LogP contribution >= 0.6 is 11.3 Å². The summed E-state index contributed by atoms with van der Waals surface area (Å²) in [5, 5.41) is 3.39. The van der Waals surface area contributed by atoms with Gasteiger partial charge in [-0.15, -0.1) is 11.3 Å². The van der Waals surface area contributed by atoms with E-state index in [1.807, 2.05) is 0 Å². The van der Waals surface area contributed by atoms with E-state index in [4.69, 9.17) is 5.73 Å². The standard InChI is InChI=1S/C11H19N3S/c1-9-8-15-11(13-9)4-7-14-5-2-10(12)3-6-14/h8,10H,2-7,12H2,1H3. The molecule has 1 aliphatic heterocycles. The van der Waals surface area contributed by atoms with E-state index >= 15 is 0 Å². The Hall–Kier alpha value is -0.450. The Morgan fingerprint density at radius 1 is 1.53 bits per heavy atom. The van der Waals surface area contributed by atoms with Gasteiger partial charge in [-0.25, -0.2) is 4.98 Å². The largest absolute Gasteiger partial charge is 0.328 e. The topological polar surface area (TPSA) is 42.1 Å². The summed E-state index contributed by atoms with van der Waals surface area (Å²) in [4.78, 5) is 6.98. The van der Waals surface area contributed by atoms with Gasteiger partial charge in [0.1, 0.15) is 0 Å². The summed E-state index contributed by atoms with van der Waals surface area (Å²) in [5.41, 5.74) is 7.02. The highest BCUT2D eigenvalue weighted by Gasteiger charge is 2.15. The Morgan fingerprint density at radius 2 is 2.27 bits per heavy atom. The van der Waals surface area contributed by atoms with Crippen molar-refractivity contribution in [2.45, 2.75) is 32.2 Å². The first-order valence-corrected chi connectivity index (χ1v) is 6.51. The van der Waals surface area contributed by atoms with Crippen LogP contribution in [0, 0.1) is 6.92 Å². The summed E-state index contributed by atoms with van der Waals surface area (Å²) < 4.78 is 0. The fraction of sp³-hybridized carbons (Fsp3) is 0.727. The second-order valence-electron chi connectivity index (χ2n) is 4.31. The lowest BCUT2D eigenvalue weighted by molar-refractivity contribution is 0.215. The van der Waals surface area contributed by atoms with Crippen LogP contribution in [0.1, 0.15) is 23.5 Å². The van der Waals surface area contributed by atoms with E-state index in [-0.39, 0.29) is 0 Å². The van der Waals surface area contributed by atoms with Gasteiger partial charge in [-0.2, -0.15) is 0 Å². The maximum atomic E-state index is 5.87. The van der Waals surface area contributed by atoms with Crippen molar-refractivity contribution in [3.8, 4) is 0 Å². The molecule has 2 rings (SSSR count). The molecule has 0 atom stereocenters. The molecule has 84 valence electrons. The van der Waals surface area contributed by atoms with Crippen molar-refractivity contribution in [1.29, 1.82) is 0 Å². The van der Waals surface area contributed by atoms with Gasteiger partial charge in [-0.1, -0.05) is 0 Å². The molecule has 0 aliphatic carbocycles. The summed E-state index contributed by atoms with van der Waals surface area (Å²) >= 11 is 1.78. The Bertz CT molecular complexity index is 303. The van der Waals surface area contributed by atoms with Crippen LogP contribution in [0.2, 0.25) is 0 Å². The van der Waals surface area contributed by atoms with E-state index in [0.29, 0.717) is 6.04 Å². The zero-order chi connectivity index (χ0) is 10.7. The quantitative estimate of drug-likeness (QED) is 0.846. The summed E-state index contributed by atoms with van der Waals surface area (Å²) in [6.07, 6.45) is 3.39. The van der Waals surface area contributed by atoms with Crippen LogP contribution < -0.4 is 5.73 Å². The predicted molar refractivity (Wildman–Crippen MR) is 64.2 cm³/mol. The molecule has 0 aromatic carbocycles. The van der Waals surface area contributed by atoms with Crippen molar-refractivity contribution in [1.82, 2.24) is 9.88 Å². The highest BCUT2D eigenvalue weighted by atomic mass is 32.1. The molecule has 0 spiro atoms. The number of aryl methyl sites for hydroxylation is 1. The van der Waals surface area contributed by atoms with Crippen molar-refractivity contribution >= 4 is 11.3 Å². The zero-order valence-corrected chi connectivity index (χ0v) is 10.1. The molecule has 1 aromatic rings. The van der Waals surface area contributed by atoms with Crippen LogP contribution in [-0.4, -0.2) is 35.6 Å². The first kappa shape index (κ1) is 11.0. The number of likely N-dealkylation sites (tertiary alicyclic amines) is 1. The Balaban J connectivity index is 1.74. The number of aromatic nitrogens is 1. The second-order valence-corrected chi connectivity index (χ2v) is 5.25. The molecule has 2 N–H and O–H groups in total. The number of piperidine rings is 1. The first-order valence-electron chi connectivity index (χ1n) is 5.63. The molecule has 0 radical (unpaired) electrons. The van der Waals surface area contributed by atoms with Crippen molar-refractivity contribution in [3.05, 3.63) is 16.1 Å². The molecule has 1 aromatic heterocycles. The maximum Gasteiger partial charge on any atom is 0.0940 e. The minimum absolute atomic E-state index is 0.434. The van der Waals surface area contributed by atoms with Crippen molar-refractivity contribution in [2.75, 3.05) is 19.6 Å². The lowest BCUT2D eigenvalue weighted by atomic mass is 10.1. The lowest BCUT2D eigenvalue weighted by Gasteiger charge is -2.29. The molecule has 1 fully saturated rings. The van der Waals surface area contributed by atoms with Gasteiger partial charge in [0.2, 0.25) is 0 Å². The number of thiazole rings is 1. The van der Waals surface area contributed by atoms with Gasteiger partial charge in [0.15, 0.2) is 0 Å². The molecule has 15 heavy (non-hydrogen) atoms. The minimum atomic E-state index is 0.434. The Morgan fingerprint density at radius 3 is 2.87 bits per heavy atom. The number of nitrogens with zero attached hydrogens (tertiary/aromatic N) is 2. The zero-order valence-electron chi connectivity index (χ0n) is 9.28. The molecule has 0 saturated carbocycles. The number of rotatable bonds is 3. The Labute approximate surface area is 95.3 Å². The van der Waals surface area contributed by atoms with Gasteiger partial charge < -0.3 is 10.6 Å². The molecule has 4 heteroatoms. The summed E-state index contributed by atoms with van der Waals surface area (Å²) in [6, 6.07) is 0.434. The van der Waals surface area contributed by atoms with E-state index in [9.17, 15) is 0 Å². The third-order valence-electron chi connectivity index (χ3n) is 2.94. The van der Waals surface area contributed by atoms with Crippen LogP contribution in [0.15, 0.2) is 5.38 Å². The lowest BCUT2D eigenvalue weighted by Crippen LogP contribution is -2.40. The third kappa shape index (κ3) is 3.26. The monoisotopic (exact) mass is 225 g/mol. The second kappa shape index (κ2) is 5.05. The van der Waals surface area contributed by atoms with Crippen LogP contribution in [0.4, 0.5) is 0 Å². The van der Waals surface area contributed by atoms with Crippen LogP contribution in [0.3, 0.4) is 0 Å². The van der Waals surface area contributed by atoms with Crippen molar-refractivity contribution in [3.63, 3.8) is 0 Å². The van der Waals surface area contributed by atoms with Crippen LogP contribution in [0.25, 0.3) is 0 Å². The van der Waals surface area contributed by atoms with Crippen molar-refractivity contribution in [2.24, 2.45) is 5.73 Å². The van der Waals surface area contributed by atoms with Crippen LogP contribution in [-0.2, 0) is 6.42 Å². The average Bonchev–Trinajstić information content (AvgIpc) is 2.64. The van der Waals surface area contributed by atoms with Gasteiger partial charge in [0.05, 0.1) is 5.01 Å². The average molecular weight is 225 g/mol. The van der Waals surface area contributed by atoms with E-state index in [2.05, 4.69) is 22.2 Å². The number of nitrogens with two attached hydrogens (primary N) is 1. The smallest absolute Gasteiger partial charge is 0.0940 e. The molecule has 0 unspecified atom stereocenters. The molecule has 1 aliphatic rings. The van der Waals surface area contributed by atoms with E-state index < -0.39 is 0 Å². The summed E-state index contributed by atoms with van der Waals surface area (Å²) in [6.45, 7) is 5.51. The van der Waals surface area contributed by atoms with Gasteiger partial charge in [-0.3, -0.25) is 0 Å². The molecule has 0 amide bonds. The first-order chi connectivity index (χ1) is 7.24. The van der Waals surface area contributed by atoms with E-state index in [0.717, 1.165) is 44.6 Å².